The summed E-state index contributed by atoms with van der Waals surface area (Å²) in [5.74, 6) is -2.39. The van der Waals surface area contributed by atoms with E-state index in [1.807, 2.05) is 0 Å². The molecule has 1 saturated heterocycles. The van der Waals surface area contributed by atoms with Crippen LogP contribution in [0.25, 0.3) is 0 Å². The Labute approximate surface area is 116 Å². The van der Waals surface area contributed by atoms with Crippen molar-refractivity contribution in [3.05, 3.63) is 18.0 Å². The highest BCUT2D eigenvalue weighted by Gasteiger charge is 2.52. The fourth-order valence-corrected chi connectivity index (χ4v) is 1.82. The van der Waals surface area contributed by atoms with Crippen LogP contribution in [0.1, 0.15) is 27.7 Å². The van der Waals surface area contributed by atoms with Gasteiger partial charge in [0.05, 0.1) is 11.2 Å². The van der Waals surface area contributed by atoms with Crippen LogP contribution >= 0.6 is 0 Å². The smallest absolute Gasteiger partial charge is 0.423 e. The van der Waals surface area contributed by atoms with Gasteiger partial charge in [0.15, 0.2) is 0 Å². The fourth-order valence-electron chi connectivity index (χ4n) is 1.82. The normalized spacial score (nSPS) is 20.3. The Morgan fingerprint density at radius 1 is 1.10 bits per heavy atom. The van der Waals surface area contributed by atoms with Gasteiger partial charge in [-0.25, -0.2) is 0 Å². The second kappa shape index (κ2) is 4.77. The monoisotopic (exact) mass is 285 g/mol. The van der Waals surface area contributed by atoms with E-state index in [-0.39, 0.29) is 5.46 Å². The third-order valence-corrected chi connectivity index (χ3v) is 3.77. The Morgan fingerprint density at radius 2 is 1.60 bits per heavy atom. The highest BCUT2D eigenvalue weighted by atomic mass is 19.1. The van der Waals surface area contributed by atoms with E-state index in [0.717, 1.165) is 6.07 Å². The number of hydrogen-bond acceptors (Lipinski definition) is 5. The zero-order chi connectivity index (χ0) is 15.3. The maximum Gasteiger partial charge on any atom is 0.499 e. The van der Waals surface area contributed by atoms with Crippen molar-refractivity contribution in [2.24, 2.45) is 0 Å². The predicted molar refractivity (Wildman–Crippen MR) is 69.7 cm³/mol. The summed E-state index contributed by atoms with van der Waals surface area (Å²) in [6.07, 6.45) is 0. The molecule has 0 saturated carbocycles. The Hall–Kier alpha value is -1.02. The maximum atomic E-state index is 13.8. The molecule has 0 unspecified atom stereocenters. The first-order valence-corrected chi connectivity index (χ1v) is 6.13. The van der Waals surface area contributed by atoms with Crippen molar-refractivity contribution in [1.29, 1.82) is 0 Å². The second-order valence-electron chi connectivity index (χ2n) is 5.71. The summed E-state index contributed by atoms with van der Waals surface area (Å²) in [5.41, 5.74) is -2.10. The van der Waals surface area contributed by atoms with Crippen LogP contribution in [-0.4, -0.2) is 40.5 Å². The molecule has 2 heterocycles. The summed E-state index contributed by atoms with van der Waals surface area (Å²) in [6, 6.07) is 0.949. The van der Waals surface area contributed by atoms with E-state index in [9.17, 15) is 8.78 Å². The standard InChI is InChI=1S/C11H15B2F2NO4/c1-10(2)11(3,4)20-13(19-10)7-5-6(12(17)18)8(14)16-9(7)15/h5,17-18H,1-4H3. The van der Waals surface area contributed by atoms with Crippen molar-refractivity contribution in [3.8, 4) is 0 Å². The Morgan fingerprint density at radius 3 is 2.05 bits per heavy atom. The van der Waals surface area contributed by atoms with Gasteiger partial charge >= 0.3 is 14.2 Å². The summed E-state index contributed by atoms with van der Waals surface area (Å²) in [4.78, 5) is 3.02. The predicted octanol–water partition coefficient (Wildman–Crippen LogP) is -0.661. The molecule has 1 aromatic rings. The van der Waals surface area contributed by atoms with E-state index < -0.39 is 42.8 Å². The number of hydrogen-bond donors (Lipinski definition) is 2. The average molecular weight is 285 g/mol. The largest absolute Gasteiger partial charge is 0.499 e. The highest BCUT2D eigenvalue weighted by Crippen LogP contribution is 2.36. The summed E-state index contributed by atoms with van der Waals surface area (Å²) in [5, 5.41) is 18.1. The summed E-state index contributed by atoms with van der Waals surface area (Å²) < 4.78 is 38.3. The van der Waals surface area contributed by atoms with E-state index in [2.05, 4.69) is 4.98 Å². The highest BCUT2D eigenvalue weighted by molar-refractivity contribution is 6.64. The minimum atomic E-state index is -2.09. The molecule has 2 rings (SSSR count). The molecule has 0 spiro atoms. The first kappa shape index (κ1) is 15.4. The molecule has 20 heavy (non-hydrogen) atoms. The molecule has 0 radical (unpaired) electrons. The molecule has 2 N–H and O–H groups in total. The lowest BCUT2D eigenvalue weighted by molar-refractivity contribution is 0.00578. The lowest BCUT2D eigenvalue weighted by Crippen LogP contribution is -2.44. The molecule has 1 fully saturated rings. The zero-order valence-corrected chi connectivity index (χ0v) is 11.6. The molecule has 1 aliphatic heterocycles. The van der Waals surface area contributed by atoms with Gasteiger partial charge < -0.3 is 19.4 Å². The minimum absolute atomic E-state index is 0.173. The number of nitrogens with zero attached hydrogens (tertiary/aromatic N) is 1. The third-order valence-electron chi connectivity index (χ3n) is 3.77. The molecule has 0 amide bonds. The molecule has 1 aliphatic rings. The van der Waals surface area contributed by atoms with Gasteiger partial charge in [-0.15, -0.1) is 0 Å². The van der Waals surface area contributed by atoms with Crippen LogP contribution < -0.4 is 10.9 Å². The topological polar surface area (TPSA) is 71.8 Å². The van der Waals surface area contributed by atoms with E-state index in [4.69, 9.17) is 19.4 Å². The van der Waals surface area contributed by atoms with Crippen LogP contribution in [0.4, 0.5) is 8.78 Å². The Balaban J connectivity index is 2.42. The maximum absolute atomic E-state index is 13.8. The summed E-state index contributed by atoms with van der Waals surface area (Å²) >= 11 is 0. The average Bonchev–Trinajstić information content (AvgIpc) is 2.47. The first-order chi connectivity index (χ1) is 9.05. The van der Waals surface area contributed by atoms with Crippen molar-refractivity contribution >= 4 is 25.2 Å². The Kier molecular flexibility index (Phi) is 3.66. The molecule has 0 aliphatic carbocycles. The molecular formula is C11H15B2F2NO4. The molecule has 0 atom stereocenters. The molecule has 9 heteroatoms. The van der Waals surface area contributed by atoms with Gasteiger partial charge in [0.1, 0.15) is 0 Å². The summed E-state index contributed by atoms with van der Waals surface area (Å²) in [6.45, 7) is 7.13. The van der Waals surface area contributed by atoms with Gasteiger partial charge in [-0.1, -0.05) is 6.07 Å². The van der Waals surface area contributed by atoms with Gasteiger partial charge in [0.25, 0.3) is 0 Å². The van der Waals surface area contributed by atoms with E-state index in [1.165, 1.54) is 0 Å². The van der Waals surface area contributed by atoms with Crippen molar-refractivity contribution in [2.75, 3.05) is 0 Å². The lowest BCUT2D eigenvalue weighted by Gasteiger charge is -2.32. The van der Waals surface area contributed by atoms with Gasteiger partial charge in [-0.3, -0.25) is 0 Å². The molecule has 0 aromatic carbocycles. The Bertz CT molecular complexity index is 523. The quantitative estimate of drug-likeness (QED) is 0.557. The second-order valence-corrected chi connectivity index (χ2v) is 5.71. The molecule has 5 nitrogen and oxygen atoms in total. The van der Waals surface area contributed by atoms with Crippen molar-refractivity contribution in [1.82, 2.24) is 4.98 Å². The van der Waals surface area contributed by atoms with Gasteiger partial charge in [0, 0.05) is 10.9 Å². The van der Waals surface area contributed by atoms with Crippen LogP contribution in [0.15, 0.2) is 6.07 Å². The number of aromatic nitrogens is 1. The van der Waals surface area contributed by atoms with E-state index in [0.29, 0.717) is 0 Å². The molecule has 0 bridgehead atoms. The van der Waals surface area contributed by atoms with Crippen LogP contribution in [0.3, 0.4) is 0 Å². The van der Waals surface area contributed by atoms with Gasteiger partial charge in [-0.2, -0.15) is 13.8 Å². The van der Waals surface area contributed by atoms with Gasteiger partial charge in [-0.05, 0) is 27.7 Å². The number of halogens is 2. The lowest BCUT2D eigenvalue weighted by atomic mass is 9.73. The third kappa shape index (κ3) is 2.46. The molecule has 108 valence electrons. The van der Waals surface area contributed by atoms with E-state index in [1.54, 1.807) is 27.7 Å². The minimum Gasteiger partial charge on any atom is -0.423 e. The fraction of sp³-hybridized carbons (Fsp3) is 0.545. The first-order valence-electron chi connectivity index (χ1n) is 6.13. The van der Waals surface area contributed by atoms with Crippen molar-refractivity contribution in [2.45, 2.75) is 38.9 Å². The van der Waals surface area contributed by atoms with Crippen molar-refractivity contribution < 1.29 is 28.1 Å². The molecular weight excluding hydrogens is 270 g/mol. The van der Waals surface area contributed by atoms with Crippen molar-refractivity contribution in [3.63, 3.8) is 0 Å². The van der Waals surface area contributed by atoms with Crippen LogP contribution in [-0.2, 0) is 9.31 Å². The number of pyridine rings is 1. The zero-order valence-electron chi connectivity index (χ0n) is 11.6. The van der Waals surface area contributed by atoms with Crippen LogP contribution in [0.2, 0.25) is 0 Å². The SMILES string of the molecule is CC1(C)OB(c2cc(B(O)O)c(F)nc2F)OC1(C)C. The number of rotatable bonds is 2. The van der Waals surface area contributed by atoms with E-state index >= 15 is 0 Å². The van der Waals surface area contributed by atoms with Crippen LogP contribution in [0, 0.1) is 11.9 Å². The molecule has 1 aromatic heterocycles. The summed E-state index contributed by atoms with van der Waals surface area (Å²) in [7, 11) is -3.19. The van der Waals surface area contributed by atoms with Crippen LogP contribution in [0.5, 0.6) is 0 Å². The van der Waals surface area contributed by atoms with Gasteiger partial charge in [0.2, 0.25) is 11.9 Å².